The zero-order valence-electron chi connectivity index (χ0n) is 15.8. The Bertz CT molecular complexity index is 860. The standard InChI is InChI=1S/C22H24N2O2S2/c25-20(18-15-17(18)16-5-2-1-3-6-16)23-10-8-22(9-11-23)24(12-14-28-22)21(26)19-7-4-13-27-19/h1-7,13,17-18H,8-12,14-15H2/t17-,18?/m0/s1. The third-order valence-electron chi connectivity index (χ3n) is 6.35. The van der Waals surface area contributed by atoms with Crippen LogP contribution in [-0.4, -0.2) is 51.9 Å². The third kappa shape index (κ3) is 3.16. The normalized spacial score (nSPS) is 25.9. The van der Waals surface area contributed by atoms with Gasteiger partial charge < -0.3 is 9.80 Å². The molecule has 1 spiro atoms. The smallest absolute Gasteiger partial charge is 0.265 e. The minimum atomic E-state index is -0.125. The number of thiophene rings is 1. The fourth-order valence-corrected chi connectivity index (χ4v) is 6.82. The van der Waals surface area contributed by atoms with Crippen molar-refractivity contribution >= 4 is 34.9 Å². The van der Waals surface area contributed by atoms with Gasteiger partial charge >= 0.3 is 0 Å². The second-order valence-corrected chi connectivity index (χ2v) is 10.3. The van der Waals surface area contributed by atoms with Gasteiger partial charge in [0.1, 0.15) is 0 Å². The molecule has 28 heavy (non-hydrogen) atoms. The van der Waals surface area contributed by atoms with Crippen molar-refractivity contribution < 1.29 is 9.59 Å². The number of thioether (sulfide) groups is 1. The lowest BCUT2D eigenvalue weighted by Gasteiger charge is -2.44. The van der Waals surface area contributed by atoms with Gasteiger partial charge in [0.2, 0.25) is 5.91 Å². The maximum atomic E-state index is 13.0. The molecule has 146 valence electrons. The Morgan fingerprint density at radius 1 is 1.00 bits per heavy atom. The number of carbonyl (C=O) groups excluding carboxylic acids is 2. The Morgan fingerprint density at radius 2 is 1.79 bits per heavy atom. The molecule has 1 aromatic heterocycles. The summed E-state index contributed by atoms with van der Waals surface area (Å²) in [5.41, 5.74) is 1.29. The molecule has 2 aromatic rings. The van der Waals surface area contributed by atoms with Crippen LogP contribution in [0, 0.1) is 5.92 Å². The molecule has 0 N–H and O–H groups in total. The van der Waals surface area contributed by atoms with Gasteiger partial charge in [0.15, 0.2) is 0 Å². The number of nitrogens with zero attached hydrogens (tertiary/aromatic N) is 2. The van der Waals surface area contributed by atoms with Crippen LogP contribution in [0.1, 0.15) is 40.4 Å². The summed E-state index contributed by atoms with van der Waals surface area (Å²) < 4.78 is 0. The summed E-state index contributed by atoms with van der Waals surface area (Å²) in [4.78, 5) is 30.8. The van der Waals surface area contributed by atoms with E-state index in [4.69, 9.17) is 0 Å². The van der Waals surface area contributed by atoms with Crippen LogP contribution in [-0.2, 0) is 4.79 Å². The van der Waals surface area contributed by atoms with Crippen molar-refractivity contribution in [2.24, 2.45) is 5.92 Å². The molecule has 1 aromatic carbocycles. The highest BCUT2D eigenvalue weighted by atomic mass is 32.2. The van der Waals surface area contributed by atoms with Crippen molar-refractivity contribution in [1.82, 2.24) is 9.80 Å². The molecule has 0 radical (unpaired) electrons. The lowest BCUT2D eigenvalue weighted by Crippen LogP contribution is -2.53. The van der Waals surface area contributed by atoms with Crippen LogP contribution in [0.2, 0.25) is 0 Å². The van der Waals surface area contributed by atoms with Crippen molar-refractivity contribution in [3.63, 3.8) is 0 Å². The van der Waals surface area contributed by atoms with E-state index in [2.05, 4.69) is 29.2 Å². The number of hydrogen-bond acceptors (Lipinski definition) is 4. The van der Waals surface area contributed by atoms with Gasteiger partial charge in [-0.2, -0.15) is 0 Å². The first-order valence-electron chi connectivity index (χ1n) is 10.0. The Morgan fingerprint density at radius 3 is 2.50 bits per heavy atom. The zero-order chi connectivity index (χ0) is 19.1. The Balaban J connectivity index is 1.23. The molecular weight excluding hydrogens is 388 g/mol. The van der Waals surface area contributed by atoms with Gasteiger partial charge in [0.05, 0.1) is 9.75 Å². The molecule has 1 saturated carbocycles. The molecule has 2 atom stereocenters. The number of likely N-dealkylation sites (tertiary alicyclic amines) is 1. The van der Waals surface area contributed by atoms with E-state index in [9.17, 15) is 9.59 Å². The number of benzene rings is 1. The first kappa shape index (κ1) is 18.3. The molecule has 1 unspecified atom stereocenters. The maximum absolute atomic E-state index is 13.0. The molecule has 0 bridgehead atoms. The van der Waals surface area contributed by atoms with Gasteiger partial charge in [-0.25, -0.2) is 0 Å². The summed E-state index contributed by atoms with van der Waals surface area (Å²) in [5, 5.41) is 1.96. The Kier molecular flexibility index (Phi) is 4.71. The lowest BCUT2D eigenvalue weighted by molar-refractivity contribution is -0.134. The van der Waals surface area contributed by atoms with Crippen molar-refractivity contribution in [3.8, 4) is 0 Å². The molecule has 6 heteroatoms. The zero-order valence-corrected chi connectivity index (χ0v) is 17.4. The monoisotopic (exact) mass is 412 g/mol. The predicted octanol–water partition coefficient (Wildman–Crippen LogP) is 4.06. The van der Waals surface area contributed by atoms with Crippen molar-refractivity contribution in [2.45, 2.75) is 30.1 Å². The average molecular weight is 413 g/mol. The fourth-order valence-electron chi connectivity index (χ4n) is 4.69. The second-order valence-electron chi connectivity index (χ2n) is 7.91. The SMILES string of the molecule is O=C(C1C[C@H]1c1ccccc1)N1CCC2(CC1)SCCN2C(=O)c1cccs1. The molecule has 1 aliphatic carbocycles. The van der Waals surface area contributed by atoms with Gasteiger partial charge in [0, 0.05) is 31.3 Å². The van der Waals surface area contributed by atoms with E-state index in [0.717, 1.165) is 49.5 Å². The first-order chi connectivity index (χ1) is 13.7. The highest BCUT2D eigenvalue weighted by molar-refractivity contribution is 8.00. The number of piperidine rings is 1. The van der Waals surface area contributed by atoms with Crippen LogP contribution < -0.4 is 0 Å². The van der Waals surface area contributed by atoms with E-state index in [-0.39, 0.29) is 16.7 Å². The van der Waals surface area contributed by atoms with Crippen LogP contribution in [0.25, 0.3) is 0 Å². The quantitative estimate of drug-likeness (QED) is 0.763. The Hall–Kier alpha value is -1.79. The van der Waals surface area contributed by atoms with Crippen molar-refractivity contribution in [3.05, 3.63) is 58.3 Å². The van der Waals surface area contributed by atoms with E-state index in [1.807, 2.05) is 40.2 Å². The summed E-state index contributed by atoms with van der Waals surface area (Å²) in [5.74, 6) is 2.00. The molecule has 2 amide bonds. The van der Waals surface area contributed by atoms with Crippen LogP contribution in [0.4, 0.5) is 0 Å². The van der Waals surface area contributed by atoms with Crippen molar-refractivity contribution in [1.29, 1.82) is 0 Å². The molecule has 3 heterocycles. The molecule has 2 aliphatic heterocycles. The number of amides is 2. The van der Waals surface area contributed by atoms with Gasteiger partial charge in [0.25, 0.3) is 5.91 Å². The van der Waals surface area contributed by atoms with Crippen LogP contribution >= 0.6 is 23.1 Å². The van der Waals surface area contributed by atoms with E-state index < -0.39 is 0 Å². The van der Waals surface area contributed by atoms with Gasteiger partial charge in [-0.1, -0.05) is 36.4 Å². The molecule has 3 fully saturated rings. The van der Waals surface area contributed by atoms with Crippen LogP contribution in [0.15, 0.2) is 47.8 Å². The second kappa shape index (κ2) is 7.23. The summed E-state index contributed by atoms with van der Waals surface area (Å²) in [7, 11) is 0. The topological polar surface area (TPSA) is 40.6 Å². The predicted molar refractivity (Wildman–Crippen MR) is 114 cm³/mol. The minimum absolute atomic E-state index is 0.125. The largest absolute Gasteiger partial charge is 0.342 e. The highest BCUT2D eigenvalue weighted by Gasteiger charge is 2.50. The summed E-state index contributed by atoms with van der Waals surface area (Å²) in [6, 6.07) is 14.2. The summed E-state index contributed by atoms with van der Waals surface area (Å²) >= 11 is 3.42. The number of hydrogen-bond donors (Lipinski definition) is 0. The van der Waals surface area contributed by atoms with Crippen molar-refractivity contribution in [2.75, 3.05) is 25.4 Å². The van der Waals surface area contributed by atoms with Gasteiger partial charge in [-0.3, -0.25) is 9.59 Å². The maximum Gasteiger partial charge on any atom is 0.265 e. The van der Waals surface area contributed by atoms with E-state index in [1.54, 1.807) is 0 Å². The number of rotatable bonds is 3. The van der Waals surface area contributed by atoms with Gasteiger partial charge in [-0.05, 0) is 42.2 Å². The first-order valence-corrected chi connectivity index (χ1v) is 11.9. The molecule has 2 saturated heterocycles. The van der Waals surface area contributed by atoms with Crippen LogP contribution in [0.3, 0.4) is 0 Å². The minimum Gasteiger partial charge on any atom is -0.342 e. The summed E-state index contributed by atoms with van der Waals surface area (Å²) in [6.45, 7) is 2.34. The van der Waals surface area contributed by atoms with E-state index in [1.165, 1.54) is 16.9 Å². The fraction of sp³-hybridized carbons (Fsp3) is 0.455. The Labute approximate surface area is 173 Å². The number of carbonyl (C=O) groups is 2. The van der Waals surface area contributed by atoms with E-state index in [0.29, 0.717) is 11.8 Å². The van der Waals surface area contributed by atoms with Crippen LogP contribution in [0.5, 0.6) is 0 Å². The average Bonchev–Trinajstić information content (AvgIpc) is 3.15. The molecule has 3 aliphatic rings. The molecular formula is C22H24N2O2S2. The molecule has 4 nitrogen and oxygen atoms in total. The third-order valence-corrected chi connectivity index (χ3v) is 8.76. The lowest BCUT2D eigenvalue weighted by atomic mass is 10.0. The summed E-state index contributed by atoms with van der Waals surface area (Å²) in [6.07, 6.45) is 2.73. The van der Waals surface area contributed by atoms with Gasteiger partial charge in [-0.15, -0.1) is 23.1 Å². The highest BCUT2D eigenvalue weighted by Crippen LogP contribution is 2.50. The van der Waals surface area contributed by atoms with E-state index >= 15 is 0 Å². The molecule has 5 rings (SSSR count).